The molecule has 1 aromatic heterocycles. The highest BCUT2D eigenvalue weighted by atomic mass is 32.2. The molecule has 242 valence electrons. The summed E-state index contributed by atoms with van der Waals surface area (Å²) in [5.74, 6) is 2.41. The van der Waals surface area contributed by atoms with Crippen LogP contribution in [0.2, 0.25) is 0 Å². The number of nitrogens with zero attached hydrogens (tertiary/aromatic N) is 2. The van der Waals surface area contributed by atoms with Crippen molar-refractivity contribution in [2.75, 3.05) is 27.9 Å². The van der Waals surface area contributed by atoms with E-state index in [1.807, 2.05) is 0 Å². The molecule has 3 rings (SSSR count). The fourth-order valence-electron chi connectivity index (χ4n) is 4.09. The van der Waals surface area contributed by atoms with Crippen molar-refractivity contribution in [3.8, 4) is 11.8 Å². The number of nitrogens with one attached hydrogen (secondary N) is 2. The number of carbonyl (C=O) groups excluding carboxylic acids is 2. The molecule has 46 heavy (non-hydrogen) atoms. The SMILES string of the molecule is Cc1ccc(F)c(NC(=O)Nc2ccc(C#Cc3cc(C(=O)N=S(=O)(CCCCC(=O)O)CCCCC(=O)O)cnc3N)cc2)c1. The van der Waals surface area contributed by atoms with E-state index < -0.39 is 39.4 Å². The Morgan fingerprint density at radius 1 is 0.913 bits per heavy atom. The molecule has 0 saturated carbocycles. The summed E-state index contributed by atoms with van der Waals surface area (Å²) in [7, 11) is -3.10. The zero-order valence-corrected chi connectivity index (χ0v) is 25.9. The Morgan fingerprint density at radius 3 is 2.15 bits per heavy atom. The Bertz CT molecular complexity index is 1760. The van der Waals surface area contributed by atoms with Crippen LogP contribution in [0.15, 0.2) is 59.1 Å². The van der Waals surface area contributed by atoms with Crippen molar-refractivity contribution in [2.24, 2.45) is 4.36 Å². The summed E-state index contributed by atoms with van der Waals surface area (Å²) in [4.78, 5) is 51.0. The van der Waals surface area contributed by atoms with Gasteiger partial charge in [-0.15, -0.1) is 0 Å². The van der Waals surface area contributed by atoms with Gasteiger partial charge in [-0.3, -0.25) is 14.4 Å². The van der Waals surface area contributed by atoms with Crippen molar-refractivity contribution < 1.29 is 38.0 Å². The van der Waals surface area contributed by atoms with Crippen LogP contribution in [-0.4, -0.2) is 54.8 Å². The van der Waals surface area contributed by atoms with Gasteiger partial charge in [-0.25, -0.2) is 18.4 Å². The molecule has 3 amide bonds. The number of aliphatic carboxylic acids is 2. The minimum Gasteiger partial charge on any atom is -0.481 e. The van der Waals surface area contributed by atoms with Gasteiger partial charge in [-0.1, -0.05) is 17.9 Å². The Kier molecular flexibility index (Phi) is 12.8. The molecular formula is C32H34FN5O7S. The number of hydrogen-bond acceptors (Lipinski definition) is 7. The molecule has 0 radical (unpaired) electrons. The number of urea groups is 1. The van der Waals surface area contributed by atoms with Crippen LogP contribution in [0, 0.1) is 24.6 Å². The Hall–Kier alpha value is -5.29. The van der Waals surface area contributed by atoms with Crippen LogP contribution in [0.5, 0.6) is 0 Å². The smallest absolute Gasteiger partial charge is 0.323 e. The standard InChI is InChI=1S/C32H34FN5O7S/c1-21-8-15-26(33)27(18-21)37-32(44)36-25-13-10-22(11-14-25)9-12-23-19-24(20-35-30(23)34)31(43)38-46(45,16-4-2-6-28(39)40)17-5-3-7-29(41)42/h8,10-11,13-15,18-20H,2-7,16-17H2,1H3,(H2,34,35)(H,39,40)(H,41,42)(H2,36,37,44). The van der Waals surface area contributed by atoms with E-state index in [4.69, 9.17) is 15.9 Å². The van der Waals surface area contributed by atoms with Gasteiger partial charge in [0.25, 0.3) is 5.91 Å². The number of nitrogen functional groups attached to an aromatic ring is 1. The number of unbranched alkanes of at least 4 members (excludes halogenated alkanes) is 2. The average molecular weight is 652 g/mol. The lowest BCUT2D eigenvalue weighted by Crippen LogP contribution is -2.20. The number of aryl methyl sites for hydroxylation is 1. The predicted octanol–water partition coefficient (Wildman–Crippen LogP) is 5.27. The number of nitrogens with two attached hydrogens (primary N) is 1. The summed E-state index contributed by atoms with van der Waals surface area (Å²) in [6, 6.07) is 11.6. The number of carbonyl (C=O) groups is 4. The fourth-order valence-corrected chi connectivity index (χ4v) is 6.20. The molecule has 2 aromatic carbocycles. The second-order valence-corrected chi connectivity index (χ2v) is 12.9. The van der Waals surface area contributed by atoms with Gasteiger partial charge in [0, 0.05) is 41.8 Å². The molecular weight excluding hydrogens is 617 g/mol. The number of carboxylic acids is 2. The minimum atomic E-state index is -3.10. The third kappa shape index (κ3) is 11.7. The summed E-state index contributed by atoms with van der Waals surface area (Å²) in [5, 5.41) is 22.8. The van der Waals surface area contributed by atoms with E-state index in [0.29, 0.717) is 11.3 Å². The number of aromatic nitrogens is 1. The highest BCUT2D eigenvalue weighted by molar-refractivity contribution is 7.93. The van der Waals surface area contributed by atoms with Gasteiger partial charge in [-0.05, 0) is 80.6 Å². The molecule has 6 N–H and O–H groups in total. The Morgan fingerprint density at radius 2 is 1.54 bits per heavy atom. The van der Waals surface area contributed by atoms with Gasteiger partial charge in [0.1, 0.15) is 11.6 Å². The van der Waals surface area contributed by atoms with E-state index in [1.54, 1.807) is 37.3 Å². The van der Waals surface area contributed by atoms with Gasteiger partial charge in [0.15, 0.2) is 0 Å². The van der Waals surface area contributed by atoms with Crippen molar-refractivity contribution in [3.05, 3.63) is 82.8 Å². The van der Waals surface area contributed by atoms with Gasteiger partial charge in [0.05, 0.1) is 26.5 Å². The maximum Gasteiger partial charge on any atom is 0.323 e. The lowest BCUT2D eigenvalue weighted by atomic mass is 10.1. The van der Waals surface area contributed by atoms with Gasteiger partial charge < -0.3 is 26.6 Å². The third-order valence-corrected chi connectivity index (χ3v) is 8.83. The molecule has 0 aliphatic carbocycles. The summed E-state index contributed by atoms with van der Waals surface area (Å²) in [6.45, 7) is 1.78. The van der Waals surface area contributed by atoms with Crippen molar-refractivity contribution >= 4 is 50.8 Å². The van der Waals surface area contributed by atoms with Crippen molar-refractivity contribution in [1.82, 2.24) is 4.98 Å². The number of anilines is 3. The van der Waals surface area contributed by atoms with E-state index >= 15 is 0 Å². The number of amides is 3. The lowest BCUT2D eigenvalue weighted by Gasteiger charge is -2.10. The van der Waals surface area contributed by atoms with E-state index in [0.717, 1.165) is 5.56 Å². The number of hydrogen-bond donors (Lipinski definition) is 5. The molecule has 0 saturated heterocycles. The highest BCUT2D eigenvalue weighted by Crippen LogP contribution is 2.18. The molecule has 0 unspecified atom stereocenters. The van der Waals surface area contributed by atoms with E-state index in [1.165, 1.54) is 24.4 Å². The van der Waals surface area contributed by atoms with Crippen molar-refractivity contribution in [2.45, 2.75) is 45.4 Å². The maximum absolute atomic E-state index is 13.9. The van der Waals surface area contributed by atoms with E-state index in [9.17, 15) is 27.8 Å². The number of benzene rings is 2. The molecule has 0 fully saturated rings. The Labute approximate surface area is 265 Å². The van der Waals surface area contributed by atoms with E-state index in [2.05, 4.69) is 31.8 Å². The summed E-state index contributed by atoms with van der Waals surface area (Å²) >= 11 is 0. The lowest BCUT2D eigenvalue weighted by molar-refractivity contribution is -0.138. The maximum atomic E-state index is 13.9. The number of pyridine rings is 1. The molecule has 3 aromatic rings. The molecule has 0 bridgehead atoms. The quantitative estimate of drug-likeness (QED) is 0.120. The monoisotopic (exact) mass is 651 g/mol. The van der Waals surface area contributed by atoms with Crippen LogP contribution in [-0.2, 0) is 19.3 Å². The zero-order chi connectivity index (χ0) is 33.7. The molecule has 12 nitrogen and oxygen atoms in total. The molecule has 0 aliphatic heterocycles. The number of rotatable bonds is 13. The second-order valence-electron chi connectivity index (χ2n) is 10.3. The van der Waals surface area contributed by atoms with Crippen LogP contribution in [0.4, 0.5) is 26.4 Å². The predicted molar refractivity (Wildman–Crippen MR) is 172 cm³/mol. The first kappa shape index (κ1) is 35.2. The minimum absolute atomic E-state index is 0.00194. The van der Waals surface area contributed by atoms with Crippen LogP contribution in [0.25, 0.3) is 0 Å². The summed E-state index contributed by atoms with van der Waals surface area (Å²) in [6.07, 6.45) is 2.00. The van der Waals surface area contributed by atoms with Crippen LogP contribution in [0.3, 0.4) is 0 Å². The largest absolute Gasteiger partial charge is 0.481 e. The summed E-state index contributed by atoms with van der Waals surface area (Å²) in [5.41, 5.74) is 7.99. The zero-order valence-electron chi connectivity index (χ0n) is 25.0. The highest BCUT2D eigenvalue weighted by Gasteiger charge is 2.16. The van der Waals surface area contributed by atoms with Gasteiger partial charge in [0.2, 0.25) is 0 Å². The van der Waals surface area contributed by atoms with Gasteiger partial charge >= 0.3 is 18.0 Å². The molecule has 0 aliphatic rings. The van der Waals surface area contributed by atoms with Crippen molar-refractivity contribution in [1.29, 1.82) is 0 Å². The van der Waals surface area contributed by atoms with Gasteiger partial charge in [-0.2, -0.15) is 4.36 Å². The number of carboxylic acid groups (broad SMARTS) is 2. The molecule has 1 heterocycles. The second kappa shape index (κ2) is 16.7. The molecule has 0 atom stereocenters. The number of halogens is 1. The summed E-state index contributed by atoms with van der Waals surface area (Å²) < 4.78 is 31.4. The third-order valence-electron chi connectivity index (χ3n) is 6.48. The Balaban J connectivity index is 1.72. The normalized spacial score (nSPS) is 10.7. The fraction of sp³-hybridized carbons (Fsp3) is 0.281. The average Bonchev–Trinajstić information content (AvgIpc) is 2.99. The van der Waals surface area contributed by atoms with Crippen LogP contribution < -0.4 is 16.4 Å². The first-order valence-corrected chi connectivity index (χ1v) is 16.1. The first-order chi connectivity index (χ1) is 21.8. The molecule has 14 heteroatoms. The first-order valence-electron chi connectivity index (χ1n) is 14.3. The topological polar surface area (TPSA) is 201 Å². The van der Waals surface area contributed by atoms with Crippen LogP contribution in [0.1, 0.15) is 65.6 Å². The molecule has 0 spiro atoms. The van der Waals surface area contributed by atoms with Crippen LogP contribution >= 0.6 is 0 Å². The van der Waals surface area contributed by atoms with E-state index in [-0.39, 0.29) is 72.7 Å². The van der Waals surface area contributed by atoms with Crippen molar-refractivity contribution in [3.63, 3.8) is 0 Å².